The van der Waals surface area contributed by atoms with Gasteiger partial charge in [-0.25, -0.2) is 5.43 Å². The molecule has 0 aliphatic carbocycles. The molecule has 1 heterocycles. The highest BCUT2D eigenvalue weighted by atomic mass is 35.5. The van der Waals surface area contributed by atoms with E-state index in [4.69, 9.17) is 16.0 Å². The fourth-order valence-electron chi connectivity index (χ4n) is 2.34. The summed E-state index contributed by atoms with van der Waals surface area (Å²) in [6.45, 7) is 0. The van der Waals surface area contributed by atoms with E-state index >= 15 is 0 Å². The lowest BCUT2D eigenvalue weighted by molar-refractivity contribution is -0.385. The number of hydrogen-bond donors (Lipinski definition) is 1. The molecule has 3 aromatic rings. The Labute approximate surface area is 167 Å². The summed E-state index contributed by atoms with van der Waals surface area (Å²) in [7, 11) is 0. The number of hydrazone groups is 1. The van der Waals surface area contributed by atoms with Crippen molar-refractivity contribution in [2.75, 3.05) is 0 Å². The molecule has 10 nitrogen and oxygen atoms in total. The number of nitro benzene ring substituents is 2. The van der Waals surface area contributed by atoms with Gasteiger partial charge in [-0.1, -0.05) is 11.6 Å². The van der Waals surface area contributed by atoms with Crippen molar-refractivity contribution in [2.24, 2.45) is 5.10 Å². The van der Waals surface area contributed by atoms with Crippen LogP contribution >= 0.6 is 11.6 Å². The maximum Gasteiger partial charge on any atom is 0.271 e. The van der Waals surface area contributed by atoms with Crippen LogP contribution in [0.15, 0.2) is 64.1 Å². The van der Waals surface area contributed by atoms with Gasteiger partial charge in [0.15, 0.2) is 0 Å². The van der Waals surface area contributed by atoms with E-state index in [2.05, 4.69) is 10.5 Å². The van der Waals surface area contributed by atoms with Crippen molar-refractivity contribution >= 4 is 35.1 Å². The summed E-state index contributed by atoms with van der Waals surface area (Å²) in [5.74, 6) is -0.00178. The molecule has 1 amide bonds. The number of hydrogen-bond acceptors (Lipinski definition) is 7. The molecule has 0 bridgehead atoms. The minimum Gasteiger partial charge on any atom is -0.455 e. The molecule has 146 valence electrons. The molecular formula is C18H11ClN4O6. The molecule has 0 aliphatic rings. The summed E-state index contributed by atoms with van der Waals surface area (Å²) in [5, 5.41) is 25.6. The molecule has 29 heavy (non-hydrogen) atoms. The summed E-state index contributed by atoms with van der Waals surface area (Å²) >= 11 is 6.07. The van der Waals surface area contributed by atoms with Crippen LogP contribution < -0.4 is 5.43 Å². The van der Waals surface area contributed by atoms with Crippen molar-refractivity contribution in [2.45, 2.75) is 0 Å². The van der Waals surface area contributed by atoms with Gasteiger partial charge in [0.05, 0.1) is 21.1 Å². The monoisotopic (exact) mass is 414 g/mol. The van der Waals surface area contributed by atoms with E-state index in [0.717, 1.165) is 0 Å². The predicted octanol–water partition coefficient (Wildman–Crippen LogP) is 4.18. The first-order valence-electron chi connectivity index (χ1n) is 7.97. The molecule has 0 saturated carbocycles. The zero-order valence-corrected chi connectivity index (χ0v) is 15.2. The third kappa shape index (κ3) is 4.62. The topological polar surface area (TPSA) is 141 Å². The maximum absolute atomic E-state index is 12.0. The quantitative estimate of drug-likeness (QED) is 0.364. The van der Waals surface area contributed by atoms with Gasteiger partial charge >= 0.3 is 0 Å². The number of carbonyl (C=O) groups excluding carboxylic acids is 1. The molecule has 0 radical (unpaired) electrons. The number of non-ortho nitro benzene ring substituents is 2. The summed E-state index contributed by atoms with van der Waals surface area (Å²) in [4.78, 5) is 32.4. The van der Waals surface area contributed by atoms with Crippen molar-refractivity contribution in [1.82, 2.24) is 5.43 Å². The van der Waals surface area contributed by atoms with Crippen molar-refractivity contribution in [3.8, 4) is 11.3 Å². The van der Waals surface area contributed by atoms with Crippen molar-refractivity contribution in [3.63, 3.8) is 0 Å². The van der Waals surface area contributed by atoms with Gasteiger partial charge in [-0.05, 0) is 30.3 Å². The number of rotatable bonds is 6. The molecule has 2 aromatic carbocycles. The number of halogens is 1. The van der Waals surface area contributed by atoms with E-state index in [-0.39, 0.29) is 27.7 Å². The highest BCUT2D eigenvalue weighted by molar-refractivity contribution is 6.33. The normalized spacial score (nSPS) is 10.8. The van der Waals surface area contributed by atoms with E-state index in [1.54, 1.807) is 12.1 Å². The predicted molar refractivity (Wildman–Crippen MR) is 104 cm³/mol. The number of nitro groups is 2. The third-order valence-electron chi connectivity index (χ3n) is 3.75. The van der Waals surface area contributed by atoms with Gasteiger partial charge < -0.3 is 4.42 Å². The van der Waals surface area contributed by atoms with Crippen LogP contribution in [0.1, 0.15) is 16.1 Å². The highest BCUT2D eigenvalue weighted by Gasteiger charge is 2.14. The molecular weight excluding hydrogens is 404 g/mol. The third-order valence-corrected chi connectivity index (χ3v) is 4.08. The molecule has 0 spiro atoms. The number of nitrogens with one attached hydrogen (secondary N) is 1. The van der Waals surface area contributed by atoms with Crippen molar-refractivity contribution < 1.29 is 19.1 Å². The Morgan fingerprint density at radius 3 is 2.31 bits per heavy atom. The van der Waals surface area contributed by atoms with Gasteiger partial charge in [-0.3, -0.25) is 25.0 Å². The molecule has 11 heteroatoms. The Balaban J connectivity index is 1.69. The second-order valence-electron chi connectivity index (χ2n) is 5.63. The minimum atomic E-state index is -0.568. The van der Waals surface area contributed by atoms with Crippen LogP contribution in [0, 0.1) is 20.2 Å². The second-order valence-corrected chi connectivity index (χ2v) is 6.03. The largest absolute Gasteiger partial charge is 0.455 e. The molecule has 3 rings (SSSR count). The van der Waals surface area contributed by atoms with Gasteiger partial charge in [-0.15, -0.1) is 0 Å². The Hall–Kier alpha value is -4.05. The van der Waals surface area contributed by atoms with Gasteiger partial charge in [0, 0.05) is 35.4 Å². The van der Waals surface area contributed by atoms with Gasteiger partial charge in [0.1, 0.15) is 11.5 Å². The van der Waals surface area contributed by atoms with Crippen LogP contribution in [0.5, 0.6) is 0 Å². The Bertz CT molecular complexity index is 1120. The summed E-state index contributed by atoms with van der Waals surface area (Å²) < 4.78 is 5.53. The number of amides is 1. The Morgan fingerprint density at radius 2 is 1.66 bits per heavy atom. The van der Waals surface area contributed by atoms with E-state index < -0.39 is 15.8 Å². The zero-order valence-electron chi connectivity index (χ0n) is 14.4. The maximum atomic E-state index is 12.0. The fraction of sp³-hybridized carbons (Fsp3) is 0. The lowest BCUT2D eigenvalue weighted by atomic mass is 10.1. The second kappa shape index (κ2) is 8.31. The number of carbonyl (C=O) groups is 1. The Kier molecular flexibility index (Phi) is 5.65. The van der Waals surface area contributed by atoms with Crippen LogP contribution in [0.2, 0.25) is 5.02 Å². The summed E-state index contributed by atoms with van der Waals surface area (Å²) in [6.07, 6.45) is 1.23. The Morgan fingerprint density at radius 1 is 1.00 bits per heavy atom. The first-order valence-corrected chi connectivity index (χ1v) is 8.35. The van der Waals surface area contributed by atoms with Crippen LogP contribution in [-0.2, 0) is 0 Å². The van der Waals surface area contributed by atoms with Crippen molar-refractivity contribution in [3.05, 3.63) is 91.2 Å². The van der Waals surface area contributed by atoms with E-state index in [0.29, 0.717) is 11.3 Å². The fourth-order valence-corrected chi connectivity index (χ4v) is 2.55. The van der Waals surface area contributed by atoms with Crippen LogP contribution in [-0.4, -0.2) is 22.0 Å². The lowest BCUT2D eigenvalue weighted by Crippen LogP contribution is -2.17. The molecule has 0 unspecified atom stereocenters. The number of benzene rings is 2. The molecule has 0 saturated heterocycles. The average Bonchev–Trinajstić information content (AvgIpc) is 3.16. The van der Waals surface area contributed by atoms with Gasteiger partial charge in [0.2, 0.25) is 0 Å². The molecule has 1 N–H and O–H groups in total. The molecule has 0 fully saturated rings. The SMILES string of the molecule is O=C(NN=Cc1ccc(-c2cc([N+](=O)[O-])ccc2Cl)o1)c1ccc([N+](=O)[O-])cc1. The number of nitrogens with zero attached hydrogens (tertiary/aromatic N) is 3. The first-order chi connectivity index (χ1) is 13.8. The van der Waals surface area contributed by atoms with Crippen LogP contribution in [0.3, 0.4) is 0 Å². The molecule has 1 aromatic heterocycles. The van der Waals surface area contributed by atoms with E-state index in [1.165, 1.54) is 48.7 Å². The zero-order chi connectivity index (χ0) is 21.0. The standard InChI is InChI=1S/C18H11ClN4O6/c19-16-7-5-13(23(27)28)9-15(16)17-8-6-14(29-17)10-20-21-18(24)11-1-3-12(4-2-11)22(25)26/h1-10H,(H,21,24). The highest BCUT2D eigenvalue weighted by Crippen LogP contribution is 2.32. The first kappa shape index (κ1) is 19.7. The number of furan rings is 1. The average molecular weight is 415 g/mol. The lowest BCUT2D eigenvalue weighted by Gasteiger charge is -2.00. The van der Waals surface area contributed by atoms with Gasteiger partial charge in [-0.2, -0.15) is 5.10 Å². The minimum absolute atomic E-state index is 0.132. The smallest absolute Gasteiger partial charge is 0.271 e. The summed E-state index contributed by atoms with van der Waals surface area (Å²) in [5.41, 5.74) is 2.54. The van der Waals surface area contributed by atoms with Gasteiger partial charge in [0.25, 0.3) is 17.3 Å². The van der Waals surface area contributed by atoms with E-state index in [9.17, 15) is 25.0 Å². The van der Waals surface area contributed by atoms with Crippen molar-refractivity contribution in [1.29, 1.82) is 0 Å². The molecule has 0 atom stereocenters. The summed E-state index contributed by atoms with van der Waals surface area (Å²) in [6, 6.07) is 12.1. The van der Waals surface area contributed by atoms with Crippen LogP contribution in [0.25, 0.3) is 11.3 Å². The van der Waals surface area contributed by atoms with Crippen LogP contribution in [0.4, 0.5) is 11.4 Å². The molecule has 0 aliphatic heterocycles. The van der Waals surface area contributed by atoms with E-state index in [1.807, 2.05) is 0 Å².